The van der Waals surface area contributed by atoms with E-state index in [1.807, 2.05) is 42.2 Å². The number of carbonyl (C=O) groups is 1. The number of nitrogens with zero attached hydrogens (tertiary/aromatic N) is 5. The number of aryl methyl sites for hydroxylation is 1. The van der Waals surface area contributed by atoms with Gasteiger partial charge in [0, 0.05) is 44.4 Å². The van der Waals surface area contributed by atoms with E-state index < -0.39 is 0 Å². The first kappa shape index (κ1) is 21.6. The van der Waals surface area contributed by atoms with E-state index >= 15 is 0 Å². The molecule has 2 aromatic heterocycles. The maximum atomic E-state index is 12.8. The number of rotatable bonds is 7. The molecule has 3 heterocycles. The van der Waals surface area contributed by atoms with Gasteiger partial charge in [-0.25, -0.2) is 4.98 Å². The summed E-state index contributed by atoms with van der Waals surface area (Å²) in [7, 11) is 3.19. The first-order valence-corrected chi connectivity index (χ1v) is 10.6. The second-order valence-electron chi connectivity index (χ2n) is 7.50. The van der Waals surface area contributed by atoms with Crippen LogP contribution in [-0.4, -0.2) is 66.3 Å². The summed E-state index contributed by atoms with van der Waals surface area (Å²) in [5.41, 5.74) is 1.72. The number of aromatic nitrogens is 3. The van der Waals surface area contributed by atoms with Crippen molar-refractivity contribution in [2.24, 2.45) is 0 Å². The molecule has 0 unspecified atom stereocenters. The van der Waals surface area contributed by atoms with Gasteiger partial charge in [-0.3, -0.25) is 4.79 Å². The van der Waals surface area contributed by atoms with Crippen LogP contribution in [0.4, 0.5) is 5.82 Å². The van der Waals surface area contributed by atoms with Gasteiger partial charge in [-0.2, -0.15) is 4.98 Å². The molecular weight excluding hydrogens is 410 g/mol. The van der Waals surface area contributed by atoms with E-state index in [4.69, 9.17) is 14.0 Å². The number of hydrogen-bond donors (Lipinski definition) is 0. The number of amides is 1. The van der Waals surface area contributed by atoms with Crippen LogP contribution in [-0.2, 0) is 17.6 Å². The molecule has 9 nitrogen and oxygen atoms in total. The van der Waals surface area contributed by atoms with Crippen LogP contribution in [0.1, 0.15) is 18.4 Å². The van der Waals surface area contributed by atoms with Crippen molar-refractivity contribution >= 4 is 11.7 Å². The lowest BCUT2D eigenvalue weighted by atomic mass is 10.1. The third kappa shape index (κ3) is 4.66. The van der Waals surface area contributed by atoms with E-state index in [2.05, 4.69) is 20.0 Å². The van der Waals surface area contributed by atoms with Crippen LogP contribution in [0.5, 0.6) is 11.5 Å². The van der Waals surface area contributed by atoms with Crippen molar-refractivity contribution in [1.82, 2.24) is 20.0 Å². The van der Waals surface area contributed by atoms with E-state index in [0.29, 0.717) is 49.1 Å². The molecule has 1 aliphatic rings. The molecule has 4 rings (SSSR count). The van der Waals surface area contributed by atoms with Crippen molar-refractivity contribution in [2.75, 3.05) is 45.3 Å². The molecule has 0 saturated carbocycles. The summed E-state index contributed by atoms with van der Waals surface area (Å²) in [6.07, 6.45) is 2.79. The molecule has 9 heteroatoms. The standard InChI is InChI=1S/C23H27N5O4/c1-4-21-25-23(26-32-21)17-6-8-20(24-15-17)27-9-11-28(12-10-27)22(29)14-16-5-7-18(30-2)19(13-16)31-3/h5-8,13,15H,4,9-12,14H2,1-3H3. The van der Waals surface area contributed by atoms with E-state index in [9.17, 15) is 4.79 Å². The smallest absolute Gasteiger partial charge is 0.227 e. The van der Waals surface area contributed by atoms with Crippen LogP contribution in [0, 0.1) is 0 Å². The van der Waals surface area contributed by atoms with Gasteiger partial charge in [-0.05, 0) is 29.8 Å². The lowest BCUT2D eigenvalue weighted by Crippen LogP contribution is -2.49. The predicted molar refractivity (Wildman–Crippen MR) is 119 cm³/mol. The lowest BCUT2D eigenvalue weighted by molar-refractivity contribution is -0.130. The molecule has 1 saturated heterocycles. The number of methoxy groups -OCH3 is 2. The third-order valence-corrected chi connectivity index (χ3v) is 5.54. The summed E-state index contributed by atoms with van der Waals surface area (Å²) in [6.45, 7) is 4.73. The molecule has 0 spiro atoms. The van der Waals surface area contributed by atoms with Crippen molar-refractivity contribution in [3.8, 4) is 22.9 Å². The summed E-state index contributed by atoms with van der Waals surface area (Å²) >= 11 is 0. The van der Waals surface area contributed by atoms with E-state index in [1.54, 1.807) is 20.4 Å². The molecule has 0 atom stereocenters. The SMILES string of the molecule is CCc1nc(-c2ccc(N3CCN(C(=O)Cc4ccc(OC)c(OC)c4)CC3)nc2)no1. The fourth-order valence-corrected chi connectivity index (χ4v) is 3.68. The van der Waals surface area contributed by atoms with Gasteiger partial charge in [0.1, 0.15) is 5.82 Å². The van der Waals surface area contributed by atoms with Gasteiger partial charge < -0.3 is 23.8 Å². The summed E-state index contributed by atoms with van der Waals surface area (Å²) in [5, 5.41) is 3.98. The maximum Gasteiger partial charge on any atom is 0.227 e. The monoisotopic (exact) mass is 437 g/mol. The molecule has 0 radical (unpaired) electrons. The molecule has 0 aliphatic carbocycles. The highest BCUT2D eigenvalue weighted by Crippen LogP contribution is 2.28. The maximum absolute atomic E-state index is 12.8. The van der Waals surface area contributed by atoms with Crippen LogP contribution in [0.25, 0.3) is 11.4 Å². The number of benzene rings is 1. The Hall–Kier alpha value is -3.62. The average molecular weight is 438 g/mol. The van der Waals surface area contributed by atoms with Crippen molar-refractivity contribution in [3.63, 3.8) is 0 Å². The Balaban J connectivity index is 1.33. The van der Waals surface area contributed by atoms with Gasteiger partial charge >= 0.3 is 0 Å². The largest absolute Gasteiger partial charge is 0.493 e. The number of piperazine rings is 1. The molecule has 168 valence electrons. The predicted octanol–water partition coefficient (Wildman–Crippen LogP) is 2.60. The van der Waals surface area contributed by atoms with E-state index in [1.165, 1.54) is 0 Å². The Labute approximate surface area is 187 Å². The highest BCUT2D eigenvalue weighted by Gasteiger charge is 2.22. The van der Waals surface area contributed by atoms with Crippen LogP contribution in [0.2, 0.25) is 0 Å². The molecule has 0 N–H and O–H groups in total. The second-order valence-corrected chi connectivity index (χ2v) is 7.50. The molecular formula is C23H27N5O4. The van der Waals surface area contributed by atoms with Gasteiger partial charge in [0.25, 0.3) is 0 Å². The molecule has 0 bridgehead atoms. The minimum atomic E-state index is 0.101. The van der Waals surface area contributed by atoms with Crippen molar-refractivity contribution in [3.05, 3.63) is 48.0 Å². The number of anilines is 1. The zero-order valence-electron chi connectivity index (χ0n) is 18.6. The molecule has 1 fully saturated rings. The first-order chi connectivity index (χ1) is 15.6. The van der Waals surface area contributed by atoms with Crippen molar-refractivity contribution in [1.29, 1.82) is 0 Å². The lowest BCUT2D eigenvalue weighted by Gasteiger charge is -2.35. The normalized spacial score (nSPS) is 13.8. The van der Waals surface area contributed by atoms with Crippen LogP contribution < -0.4 is 14.4 Å². The Bertz CT molecular complexity index is 1060. The highest BCUT2D eigenvalue weighted by atomic mass is 16.5. The van der Waals surface area contributed by atoms with Crippen LogP contribution >= 0.6 is 0 Å². The topological polar surface area (TPSA) is 93.8 Å². The number of pyridine rings is 1. The van der Waals surface area contributed by atoms with Crippen molar-refractivity contribution < 1.29 is 18.8 Å². The third-order valence-electron chi connectivity index (χ3n) is 5.54. The zero-order valence-corrected chi connectivity index (χ0v) is 18.6. The number of carbonyl (C=O) groups excluding carboxylic acids is 1. The van der Waals surface area contributed by atoms with Crippen molar-refractivity contribution in [2.45, 2.75) is 19.8 Å². The summed E-state index contributed by atoms with van der Waals surface area (Å²) in [6, 6.07) is 9.48. The fourth-order valence-electron chi connectivity index (χ4n) is 3.68. The Morgan fingerprint density at radius 1 is 1.06 bits per heavy atom. The Kier molecular flexibility index (Phi) is 6.53. The summed E-state index contributed by atoms with van der Waals surface area (Å²) in [4.78, 5) is 25.8. The van der Waals surface area contributed by atoms with Gasteiger partial charge in [0.2, 0.25) is 17.6 Å². The number of hydrogen-bond acceptors (Lipinski definition) is 8. The van der Waals surface area contributed by atoms with E-state index in [0.717, 1.165) is 30.0 Å². The minimum Gasteiger partial charge on any atom is -0.493 e. The number of ether oxygens (including phenoxy) is 2. The first-order valence-electron chi connectivity index (χ1n) is 10.6. The van der Waals surface area contributed by atoms with E-state index in [-0.39, 0.29) is 5.91 Å². The molecule has 1 aliphatic heterocycles. The fraction of sp³-hybridized carbons (Fsp3) is 0.391. The van der Waals surface area contributed by atoms with Gasteiger partial charge in [-0.1, -0.05) is 18.1 Å². The van der Waals surface area contributed by atoms with Crippen LogP contribution in [0.3, 0.4) is 0 Å². The van der Waals surface area contributed by atoms with Gasteiger partial charge in [0.05, 0.1) is 20.6 Å². The Morgan fingerprint density at radius 3 is 2.47 bits per heavy atom. The molecule has 32 heavy (non-hydrogen) atoms. The molecule has 1 aromatic carbocycles. The molecule has 3 aromatic rings. The summed E-state index contributed by atoms with van der Waals surface area (Å²) < 4.78 is 15.8. The second kappa shape index (κ2) is 9.67. The summed E-state index contributed by atoms with van der Waals surface area (Å²) in [5.74, 6) is 3.42. The van der Waals surface area contributed by atoms with Gasteiger partial charge in [-0.15, -0.1) is 0 Å². The Morgan fingerprint density at radius 2 is 1.84 bits per heavy atom. The quantitative estimate of drug-likeness (QED) is 0.557. The zero-order chi connectivity index (χ0) is 22.5. The highest BCUT2D eigenvalue weighted by molar-refractivity contribution is 5.79. The van der Waals surface area contributed by atoms with Crippen LogP contribution in [0.15, 0.2) is 41.1 Å². The minimum absolute atomic E-state index is 0.101. The molecule has 1 amide bonds. The average Bonchev–Trinajstić information content (AvgIpc) is 3.33. The van der Waals surface area contributed by atoms with Gasteiger partial charge in [0.15, 0.2) is 11.5 Å².